The summed E-state index contributed by atoms with van der Waals surface area (Å²) in [4.78, 5) is 0. The molecule has 2 aromatic rings. The lowest BCUT2D eigenvalue weighted by molar-refractivity contribution is 0.292. The predicted molar refractivity (Wildman–Crippen MR) is 81.8 cm³/mol. The molecule has 0 aliphatic carbocycles. The Morgan fingerprint density at radius 3 is 2.70 bits per heavy atom. The number of nitrogens with zero attached hydrogens (tertiary/aromatic N) is 1. The van der Waals surface area contributed by atoms with Crippen molar-refractivity contribution in [3.8, 4) is 11.8 Å². The van der Waals surface area contributed by atoms with E-state index in [1.54, 1.807) is 0 Å². The van der Waals surface area contributed by atoms with Gasteiger partial charge in [0.1, 0.15) is 11.3 Å². The standard InChI is InChI=1S/C17H20N2O/c1-17(13-18,19-2)11-6-12-20-16-10-5-8-14-7-3-4-9-15(14)16/h3-5,7-10,19H,6,11-12H2,1-2H3. The molecular formula is C17H20N2O. The van der Waals surface area contributed by atoms with Gasteiger partial charge in [0.25, 0.3) is 0 Å². The molecule has 20 heavy (non-hydrogen) atoms. The molecule has 0 saturated carbocycles. The van der Waals surface area contributed by atoms with Crippen molar-refractivity contribution in [3.05, 3.63) is 42.5 Å². The van der Waals surface area contributed by atoms with Crippen LogP contribution in [0.15, 0.2) is 42.5 Å². The van der Waals surface area contributed by atoms with Crippen molar-refractivity contribution in [3.63, 3.8) is 0 Å². The topological polar surface area (TPSA) is 45.0 Å². The molecule has 0 aromatic heterocycles. The maximum absolute atomic E-state index is 9.09. The van der Waals surface area contributed by atoms with E-state index in [0.29, 0.717) is 6.61 Å². The Kier molecular flexibility index (Phi) is 4.60. The fraction of sp³-hybridized carbons (Fsp3) is 0.353. The second-order valence-corrected chi connectivity index (χ2v) is 5.12. The van der Waals surface area contributed by atoms with Crippen molar-refractivity contribution in [2.24, 2.45) is 0 Å². The molecule has 0 fully saturated rings. The van der Waals surface area contributed by atoms with Gasteiger partial charge in [0, 0.05) is 5.39 Å². The van der Waals surface area contributed by atoms with Crippen LogP contribution in [-0.2, 0) is 0 Å². The molecule has 0 amide bonds. The van der Waals surface area contributed by atoms with Crippen molar-refractivity contribution < 1.29 is 4.74 Å². The van der Waals surface area contributed by atoms with Gasteiger partial charge in [-0.1, -0.05) is 36.4 Å². The maximum atomic E-state index is 9.09. The predicted octanol–water partition coefficient (Wildman–Crippen LogP) is 3.50. The van der Waals surface area contributed by atoms with Crippen molar-refractivity contribution in [1.29, 1.82) is 5.26 Å². The molecule has 0 heterocycles. The largest absolute Gasteiger partial charge is 0.493 e. The second-order valence-electron chi connectivity index (χ2n) is 5.12. The number of nitrogens with one attached hydrogen (secondary N) is 1. The fourth-order valence-corrected chi connectivity index (χ4v) is 2.17. The van der Waals surface area contributed by atoms with Crippen molar-refractivity contribution >= 4 is 10.8 Å². The monoisotopic (exact) mass is 268 g/mol. The molecule has 0 radical (unpaired) electrons. The number of fused-ring (bicyclic) bond motifs is 1. The van der Waals surface area contributed by atoms with Gasteiger partial charge in [0.15, 0.2) is 0 Å². The zero-order chi connectivity index (χ0) is 14.4. The summed E-state index contributed by atoms with van der Waals surface area (Å²) in [5.41, 5.74) is -0.470. The number of ether oxygens (including phenoxy) is 1. The minimum Gasteiger partial charge on any atom is -0.493 e. The molecule has 3 heteroatoms. The van der Waals surface area contributed by atoms with Crippen LogP contribution in [0.3, 0.4) is 0 Å². The molecular weight excluding hydrogens is 248 g/mol. The quantitative estimate of drug-likeness (QED) is 0.815. The third-order valence-electron chi connectivity index (χ3n) is 3.63. The lowest BCUT2D eigenvalue weighted by Crippen LogP contribution is -2.38. The molecule has 2 aromatic carbocycles. The Bertz CT molecular complexity index is 612. The molecule has 0 aliphatic heterocycles. The Morgan fingerprint density at radius 1 is 1.20 bits per heavy atom. The van der Waals surface area contributed by atoms with Crippen LogP contribution < -0.4 is 10.1 Å². The van der Waals surface area contributed by atoms with Gasteiger partial charge >= 0.3 is 0 Å². The summed E-state index contributed by atoms with van der Waals surface area (Å²) in [5.74, 6) is 0.909. The highest BCUT2D eigenvalue weighted by molar-refractivity contribution is 5.88. The van der Waals surface area contributed by atoms with Crippen LogP contribution >= 0.6 is 0 Å². The van der Waals surface area contributed by atoms with Gasteiger partial charge in [0.2, 0.25) is 0 Å². The van der Waals surface area contributed by atoms with Crippen LogP contribution in [0.4, 0.5) is 0 Å². The van der Waals surface area contributed by atoms with Gasteiger partial charge in [0.05, 0.1) is 12.7 Å². The molecule has 0 saturated heterocycles. The first-order chi connectivity index (χ1) is 9.68. The molecule has 2 rings (SSSR count). The van der Waals surface area contributed by atoms with Gasteiger partial charge < -0.3 is 10.1 Å². The highest BCUT2D eigenvalue weighted by Gasteiger charge is 2.20. The van der Waals surface area contributed by atoms with E-state index in [4.69, 9.17) is 10.00 Å². The fourth-order valence-electron chi connectivity index (χ4n) is 2.17. The van der Waals surface area contributed by atoms with Crippen molar-refractivity contribution in [2.45, 2.75) is 25.3 Å². The first-order valence-corrected chi connectivity index (χ1v) is 6.89. The Balaban J connectivity index is 1.96. The van der Waals surface area contributed by atoms with Crippen LogP contribution in [-0.4, -0.2) is 19.2 Å². The summed E-state index contributed by atoms with van der Waals surface area (Å²) in [6, 6.07) is 16.6. The average molecular weight is 268 g/mol. The number of nitriles is 1. The smallest absolute Gasteiger partial charge is 0.127 e. The van der Waals surface area contributed by atoms with E-state index in [1.807, 2.05) is 38.2 Å². The van der Waals surface area contributed by atoms with Crippen LogP contribution in [0, 0.1) is 11.3 Å². The lowest BCUT2D eigenvalue weighted by atomic mass is 9.98. The van der Waals surface area contributed by atoms with Crippen LogP contribution in [0.1, 0.15) is 19.8 Å². The van der Waals surface area contributed by atoms with Gasteiger partial charge in [-0.25, -0.2) is 0 Å². The molecule has 104 valence electrons. The van der Waals surface area contributed by atoms with Crippen molar-refractivity contribution in [1.82, 2.24) is 5.32 Å². The first-order valence-electron chi connectivity index (χ1n) is 6.89. The number of benzene rings is 2. The van der Waals surface area contributed by atoms with E-state index in [-0.39, 0.29) is 0 Å². The van der Waals surface area contributed by atoms with E-state index >= 15 is 0 Å². The SMILES string of the molecule is CNC(C)(C#N)CCCOc1cccc2ccccc12. The Morgan fingerprint density at radius 2 is 1.95 bits per heavy atom. The lowest BCUT2D eigenvalue weighted by Gasteiger charge is -2.20. The van der Waals surface area contributed by atoms with Crippen LogP contribution in [0.2, 0.25) is 0 Å². The zero-order valence-corrected chi connectivity index (χ0v) is 12.0. The molecule has 1 atom stereocenters. The maximum Gasteiger partial charge on any atom is 0.127 e. The third kappa shape index (κ3) is 3.28. The number of hydrogen-bond acceptors (Lipinski definition) is 3. The summed E-state index contributed by atoms with van der Waals surface area (Å²) in [6.07, 6.45) is 1.61. The summed E-state index contributed by atoms with van der Waals surface area (Å²) in [7, 11) is 1.81. The Hall–Kier alpha value is -2.05. The second kappa shape index (κ2) is 6.40. The molecule has 0 bridgehead atoms. The van der Waals surface area contributed by atoms with Crippen LogP contribution in [0.5, 0.6) is 5.75 Å². The molecule has 0 aliphatic rings. The summed E-state index contributed by atoms with van der Waals surface area (Å²) in [5, 5.41) is 14.4. The highest BCUT2D eigenvalue weighted by Crippen LogP contribution is 2.25. The zero-order valence-electron chi connectivity index (χ0n) is 12.0. The summed E-state index contributed by atoms with van der Waals surface area (Å²) >= 11 is 0. The highest BCUT2D eigenvalue weighted by atomic mass is 16.5. The molecule has 3 nitrogen and oxygen atoms in total. The number of hydrogen-bond donors (Lipinski definition) is 1. The van der Waals surface area contributed by atoms with E-state index < -0.39 is 5.54 Å². The van der Waals surface area contributed by atoms with Crippen LogP contribution in [0.25, 0.3) is 10.8 Å². The summed E-state index contributed by atoms with van der Waals surface area (Å²) in [6.45, 7) is 2.53. The minimum absolute atomic E-state index is 0.470. The Labute approximate surface area is 120 Å². The first kappa shape index (κ1) is 14.4. The van der Waals surface area contributed by atoms with Gasteiger partial charge in [-0.15, -0.1) is 0 Å². The van der Waals surface area contributed by atoms with Crippen molar-refractivity contribution in [2.75, 3.05) is 13.7 Å². The minimum atomic E-state index is -0.470. The molecule has 1 N–H and O–H groups in total. The molecule has 0 spiro atoms. The van der Waals surface area contributed by atoms with Gasteiger partial charge in [-0.2, -0.15) is 5.26 Å². The molecule has 1 unspecified atom stereocenters. The van der Waals surface area contributed by atoms with E-state index in [9.17, 15) is 0 Å². The average Bonchev–Trinajstić information content (AvgIpc) is 2.51. The number of rotatable bonds is 6. The van der Waals surface area contributed by atoms with E-state index in [2.05, 4.69) is 29.6 Å². The van der Waals surface area contributed by atoms with Gasteiger partial charge in [-0.3, -0.25) is 0 Å². The van der Waals surface area contributed by atoms with E-state index in [1.165, 1.54) is 5.39 Å². The van der Waals surface area contributed by atoms with Gasteiger partial charge in [-0.05, 0) is 38.3 Å². The summed E-state index contributed by atoms with van der Waals surface area (Å²) < 4.78 is 5.87. The van der Waals surface area contributed by atoms with E-state index in [0.717, 1.165) is 24.0 Å². The third-order valence-corrected chi connectivity index (χ3v) is 3.63. The normalized spacial score (nSPS) is 13.7.